The molecule has 0 aromatic heterocycles. The van der Waals surface area contributed by atoms with E-state index in [1.54, 1.807) is 0 Å². The summed E-state index contributed by atoms with van der Waals surface area (Å²) in [6.07, 6.45) is -11.3. The van der Waals surface area contributed by atoms with Gasteiger partial charge in [-0.15, -0.1) is 0 Å². The highest BCUT2D eigenvalue weighted by molar-refractivity contribution is 5.91. The average molecular weight is 692 g/mol. The number of halogens is 8. The van der Waals surface area contributed by atoms with Crippen molar-refractivity contribution in [3.8, 4) is 28.7 Å². The molecule has 256 valence electrons. The smallest absolute Gasteiger partial charge is 0.420 e. The predicted molar refractivity (Wildman–Crippen MR) is 144 cm³/mol. The van der Waals surface area contributed by atoms with Gasteiger partial charge >= 0.3 is 30.3 Å². The quantitative estimate of drug-likeness (QED) is 0.0571. The minimum absolute atomic E-state index is 0.0327. The van der Waals surface area contributed by atoms with E-state index >= 15 is 0 Å². The van der Waals surface area contributed by atoms with Crippen molar-refractivity contribution in [3.05, 3.63) is 102 Å². The lowest BCUT2D eigenvalue weighted by Gasteiger charge is -2.22. The first kappa shape index (κ1) is 36.7. The summed E-state index contributed by atoms with van der Waals surface area (Å²) in [5.74, 6) is -9.74. The molecule has 0 heterocycles. The topological polar surface area (TPSA) is 116 Å². The van der Waals surface area contributed by atoms with E-state index < -0.39 is 90.5 Å². The molecule has 0 aliphatic carbocycles. The molecule has 3 aromatic rings. The predicted octanol–water partition coefficient (Wildman–Crippen LogP) is 7.08. The Bertz CT molecular complexity index is 1650. The maximum atomic E-state index is 14.0. The zero-order valence-corrected chi connectivity index (χ0v) is 23.9. The standard InChI is InChI=1S/C30H20F8O10/c1-16(31)26(39)46-14-43-19-5-3-18(4-6-19)28(41)48-23-12-11-22(24(29(33,34)35)25(23)30(36,37)38)45-13-42-20-7-9-21(10-8-20)44-15-47-27(40)17(2)32/h3-12H,1-2,13-15H2. The average Bonchev–Trinajstić information content (AvgIpc) is 3.01. The zero-order valence-electron chi connectivity index (χ0n) is 23.9. The van der Waals surface area contributed by atoms with Crippen LogP contribution in [0.2, 0.25) is 0 Å². The first-order chi connectivity index (χ1) is 22.5. The van der Waals surface area contributed by atoms with Gasteiger partial charge in [0.05, 0.1) is 5.56 Å². The van der Waals surface area contributed by atoms with Gasteiger partial charge in [0.15, 0.2) is 0 Å². The zero-order chi connectivity index (χ0) is 35.6. The summed E-state index contributed by atoms with van der Waals surface area (Å²) in [7, 11) is 0. The number of alkyl halides is 6. The Morgan fingerprint density at radius 1 is 0.542 bits per heavy atom. The van der Waals surface area contributed by atoms with E-state index in [1.807, 2.05) is 0 Å². The van der Waals surface area contributed by atoms with Crippen LogP contribution >= 0.6 is 0 Å². The van der Waals surface area contributed by atoms with Crippen LogP contribution in [0.1, 0.15) is 21.5 Å². The Labute approximate surface area is 264 Å². The van der Waals surface area contributed by atoms with Crippen molar-refractivity contribution in [1.29, 1.82) is 0 Å². The lowest BCUT2D eigenvalue weighted by atomic mass is 10.0. The highest BCUT2D eigenvalue weighted by Crippen LogP contribution is 2.49. The summed E-state index contributed by atoms with van der Waals surface area (Å²) in [4.78, 5) is 34.6. The van der Waals surface area contributed by atoms with Crippen LogP contribution in [0.5, 0.6) is 28.7 Å². The van der Waals surface area contributed by atoms with Gasteiger partial charge in [0.2, 0.25) is 32.0 Å². The highest BCUT2D eigenvalue weighted by atomic mass is 19.4. The van der Waals surface area contributed by atoms with Crippen LogP contribution in [-0.4, -0.2) is 38.3 Å². The van der Waals surface area contributed by atoms with Gasteiger partial charge in [0, 0.05) is 0 Å². The van der Waals surface area contributed by atoms with Gasteiger partial charge in [0.25, 0.3) is 0 Å². The van der Waals surface area contributed by atoms with Crippen LogP contribution in [0, 0.1) is 0 Å². The summed E-state index contributed by atoms with van der Waals surface area (Å²) >= 11 is 0. The SMILES string of the molecule is C=C(F)C(=O)OCOc1ccc(OCOc2ccc(OC(=O)c3ccc(OCOC(=O)C(=C)F)cc3)c(C(F)(F)F)c2C(F)(F)F)cc1. The van der Waals surface area contributed by atoms with Crippen molar-refractivity contribution in [2.75, 3.05) is 20.4 Å². The molecular weight excluding hydrogens is 672 g/mol. The number of benzene rings is 3. The second-order valence-corrected chi connectivity index (χ2v) is 8.80. The molecule has 3 rings (SSSR count). The van der Waals surface area contributed by atoms with Crippen LogP contribution in [0.4, 0.5) is 35.1 Å². The molecule has 0 bridgehead atoms. The number of carbonyl (C=O) groups is 3. The summed E-state index contributed by atoms with van der Waals surface area (Å²) in [6.45, 7) is 3.00. The molecule has 0 unspecified atom stereocenters. The molecule has 3 aromatic carbocycles. The largest absolute Gasteiger partial charge is 0.457 e. The Hall–Kier alpha value is -5.81. The molecule has 18 heteroatoms. The maximum Gasteiger partial charge on any atom is 0.420 e. The first-order valence-electron chi connectivity index (χ1n) is 12.7. The van der Waals surface area contributed by atoms with Gasteiger partial charge in [-0.25, -0.2) is 14.4 Å². The third kappa shape index (κ3) is 10.4. The Kier molecular flexibility index (Phi) is 12.0. The summed E-state index contributed by atoms with van der Waals surface area (Å²) < 4.78 is 143. The van der Waals surface area contributed by atoms with Gasteiger partial charge in [0.1, 0.15) is 39.9 Å². The van der Waals surface area contributed by atoms with E-state index in [4.69, 9.17) is 23.7 Å². The van der Waals surface area contributed by atoms with Gasteiger partial charge in [-0.1, -0.05) is 13.2 Å². The van der Waals surface area contributed by atoms with E-state index in [2.05, 4.69) is 22.6 Å². The third-order valence-corrected chi connectivity index (χ3v) is 5.53. The van der Waals surface area contributed by atoms with Crippen molar-refractivity contribution in [3.63, 3.8) is 0 Å². The van der Waals surface area contributed by atoms with E-state index in [0.717, 1.165) is 24.3 Å². The monoisotopic (exact) mass is 692 g/mol. The fourth-order valence-corrected chi connectivity index (χ4v) is 3.43. The number of esters is 3. The van der Waals surface area contributed by atoms with Crippen molar-refractivity contribution < 1.29 is 82.7 Å². The summed E-state index contributed by atoms with van der Waals surface area (Å²) in [5, 5.41) is 0. The molecule has 0 saturated heterocycles. The van der Waals surface area contributed by atoms with Crippen LogP contribution in [0.15, 0.2) is 85.5 Å². The Morgan fingerprint density at radius 2 is 0.917 bits per heavy atom. The second kappa shape index (κ2) is 15.7. The summed E-state index contributed by atoms with van der Waals surface area (Å²) in [6, 6.07) is 10.0. The van der Waals surface area contributed by atoms with Crippen molar-refractivity contribution in [1.82, 2.24) is 0 Å². The minimum Gasteiger partial charge on any atom is -0.457 e. The lowest BCUT2D eigenvalue weighted by molar-refractivity contribution is -0.164. The molecule has 0 amide bonds. The van der Waals surface area contributed by atoms with Crippen molar-refractivity contribution in [2.24, 2.45) is 0 Å². The van der Waals surface area contributed by atoms with Gasteiger partial charge < -0.3 is 33.2 Å². The fraction of sp³-hybridized carbons (Fsp3) is 0.167. The number of ether oxygens (including phenoxy) is 7. The molecule has 48 heavy (non-hydrogen) atoms. The van der Waals surface area contributed by atoms with E-state index in [1.165, 1.54) is 24.3 Å². The van der Waals surface area contributed by atoms with Crippen LogP contribution in [0.3, 0.4) is 0 Å². The molecular formula is C30H20F8O10. The second-order valence-electron chi connectivity index (χ2n) is 8.80. The molecule has 0 N–H and O–H groups in total. The first-order valence-corrected chi connectivity index (χ1v) is 12.7. The normalized spacial score (nSPS) is 11.2. The van der Waals surface area contributed by atoms with Crippen molar-refractivity contribution >= 4 is 17.9 Å². The third-order valence-electron chi connectivity index (χ3n) is 5.53. The van der Waals surface area contributed by atoms with Crippen LogP contribution in [0.25, 0.3) is 0 Å². The van der Waals surface area contributed by atoms with Crippen LogP contribution < -0.4 is 23.7 Å². The van der Waals surface area contributed by atoms with E-state index in [-0.39, 0.29) is 17.2 Å². The summed E-state index contributed by atoms with van der Waals surface area (Å²) in [5.41, 5.74) is -5.06. The number of hydrogen-bond donors (Lipinski definition) is 0. The van der Waals surface area contributed by atoms with E-state index in [0.29, 0.717) is 12.1 Å². The fourth-order valence-electron chi connectivity index (χ4n) is 3.43. The molecule has 0 aliphatic rings. The van der Waals surface area contributed by atoms with Gasteiger partial charge in [-0.2, -0.15) is 35.1 Å². The lowest BCUT2D eigenvalue weighted by Crippen LogP contribution is -2.22. The Morgan fingerprint density at radius 3 is 1.33 bits per heavy atom. The molecule has 0 aliphatic heterocycles. The molecule has 0 spiro atoms. The molecule has 10 nitrogen and oxygen atoms in total. The molecule has 0 atom stereocenters. The molecule has 0 saturated carbocycles. The van der Waals surface area contributed by atoms with Gasteiger partial charge in [-0.05, 0) is 60.7 Å². The molecule has 0 fully saturated rings. The van der Waals surface area contributed by atoms with Crippen LogP contribution in [-0.2, 0) is 31.4 Å². The van der Waals surface area contributed by atoms with Crippen molar-refractivity contribution in [2.45, 2.75) is 12.4 Å². The van der Waals surface area contributed by atoms with Gasteiger partial charge in [-0.3, -0.25) is 0 Å². The number of rotatable bonds is 14. The number of hydrogen-bond acceptors (Lipinski definition) is 10. The minimum atomic E-state index is -5.69. The van der Waals surface area contributed by atoms with E-state index in [9.17, 15) is 49.5 Å². The highest BCUT2D eigenvalue weighted by Gasteiger charge is 2.48. The molecule has 0 radical (unpaired) electrons. The Balaban J connectivity index is 1.72. The maximum absolute atomic E-state index is 14.0. The number of carbonyl (C=O) groups excluding carboxylic acids is 3.